The van der Waals surface area contributed by atoms with Crippen molar-refractivity contribution in [2.24, 2.45) is 0 Å². The summed E-state index contributed by atoms with van der Waals surface area (Å²) in [5.74, 6) is -0.00248. The molecule has 0 spiro atoms. The number of amides is 1. The van der Waals surface area contributed by atoms with Crippen molar-refractivity contribution in [1.82, 2.24) is 9.71 Å². The van der Waals surface area contributed by atoms with E-state index in [1.54, 1.807) is 26.2 Å². The zero-order chi connectivity index (χ0) is 23.3. The van der Waals surface area contributed by atoms with Crippen molar-refractivity contribution >= 4 is 38.1 Å². The van der Waals surface area contributed by atoms with E-state index in [1.165, 1.54) is 11.3 Å². The van der Waals surface area contributed by atoms with E-state index in [9.17, 15) is 13.2 Å². The summed E-state index contributed by atoms with van der Waals surface area (Å²) >= 11 is 1.29. The molecule has 3 rings (SSSR count). The van der Waals surface area contributed by atoms with Crippen molar-refractivity contribution in [3.63, 3.8) is 0 Å². The summed E-state index contributed by atoms with van der Waals surface area (Å²) in [5, 5.41) is 9.65. The molecular formula is C22H22N4O4S2. The van der Waals surface area contributed by atoms with Gasteiger partial charge in [0.1, 0.15) is 11.4 Å². The van der Waals surface area contributed by atoms with E-state index in [0.717, 1.165) is 23.3 Å². The first-order valence-electron chi connectivity index (χ1n) is 9.60. The van der Waals surface area contributed by atoms with Gasteiger partial charge >= 0.3 is 0 Å². The number of nitrogens with one attached hydrogen (secondary N) is 1. The number of aryl methyl sites for hydroxylation is 1. The van der Waals surface area contributed by atoms with E-state index in [-0.39, 0.29) is 5.69 Å². The van der Waals surface area contributed by atoms with Crippen LogP contribution in [-0.2, 0) is 16.4 Å². The lowest BCUT2D eigenvalue weighted by atomic mass is 10.1. The van der Waals surface area contributed by atoms with E-state index >= 15 is 0 Å². The van der Waals surface area contributed by atoms with Gasteiger partial charge in [0.15, 0.2) is 5.13 Å². The molecule has 2 aromatic carbocycles. The molecule has 0 aliphatic carbocycles. The Morgan fingerprint density at radius 2 is 1.97 bits per heavy atom. The number of carbonyl (C=O) groups excluding carboxylic acids is 1. The molecule has 0 aliphatic heterocycles. The molecular weight excluding hydrogens is 448 g/mol. The number of nitrogens with zero attached hydrogens (tertiary/aromatic N) is 3. The van der Waals surface area contributed by atoms with Crippen LogP contribution in [0.15, 0.2) is 48.5 Å². The number of ether oxygens (including phenoxy) is 1. The van der Waals surface area contributed by atoms with Gasteiger partial charge in [-0.05, 0) is 55.3 Å². The number of anilines is 2. The average Bonchev–Trinajstić information content (AvgIpc) is 3.15. The van der Waals surface area contributed by atoms with Crippen molar-refractivity contribution in [1.29, 1.82) is 5.26 Å². The van der Waals surface area contributed by atoms with E-state index in [4.69, 9.17) is 10.00 Å². The Labute approximate surface area is 191 Å². The van der Waals surface area contributed by atoms with Crippen molar-refractivity contribution in [2.75, 3.05) is 24.8 Å². The largest absolute Gasteiger partial charge is 0.497 e. The molecule has 1 N–H and O–H groups in total. The monoisotopic (exact) mass is 470 g/mol. The van der Waals surface area contributed by atoms with E-state index in [1.807, 2.05) is 46.0 Å². The van der Waals surface area contributed by atoms with Crippen LogP contribution in [0.5, 0.6) is 5.75 Å². The van der Waals surface area contributed by atoms with Gasteiger partial charge in [-0.25, -0.2) is 18.1 Å². The SMILES string of the molecule is COc1cccc(CCN(c2ccc(C#N)cc2)c2nc(C(=O)NS(C)(=O)=O)c(C)s2)c1. The molecule has 0 unspecified atom stereocenters. The number of rotatable bonds is 8. The van der Waals surface area contributed by atoms with Crippen LogP contribution >= 0.6 is 11.3 Å². The second-order valence-electron chi connectivity index (χ2n) is 7.02. The summed E-state index contributed by atoms with van der Waals surface area (Å²) in [7, 11) is -2.09. The zero-order valence-electron chi connectivity index (χ0n) is 17.8. The molecule has 0 atom stereocenters. The highest BCUT2D eigenvalue weighted by Crippen LogP contribution is 2.32. The molecule has 8 nitrogen and oxygen atoms in total. The van der Waals surface area contributed by atoms with Gasteiger partial charge in [0, 0.05) is 17.1 Å². The third kappa shape index (κ3) is 5.84. The maximum absolute atomic E-state index is 12.4. The van der Waals surface area contributed by atoms with Crippen LogP contribution in [0.25, 0.3) is 0 Å². The molecule has 10 heteroatoms. The van der Waals surface area contributed by atoms with Crippen LogP contribution in [0.3, 0.4) is 0 Å². The Kier molecular flexibility index (Phi) is 7.12. The minimum Gasteiger partial charge on any atom is -0.497 e. The lowest BCUT2D eigenvalue weighted by molar-refractivity contribution is 0.0977. The number of sulfonamides is 1. The van der Waals surface area contributed by atoms with Crippen LogP contribution in [0, 0.1) is 18.3 Å². The summed E-state index contributed by atoms with van der Waals surface area (Å²) in [4.78, 5) is 19.3. The molecule has 0 bridgehead atoms. The molecule has 1 aromatic heterocycles. The first-order valence-corrected chi connectivity index (χ1v) is 12.3. The molecule has 3 aromatic rings. The summed E-state index contributed by atoms with van der Waals surface area (Å²) in [6, 6.07) is 16.9. The topological polar surface area (TPSA) is 112 Å². The fourth-order valence-electron chi connectivity index (χ4n) is 3.05. The van der Waals surface area contributed by atoms with E-state index in [2.05, 4.69) is 11.1 Å². The first kappa shape index (κ1) is 23.2. The number of hydrogen-bond donors (Lipinski definition) is 1. The van der Waals surface area contributed by atoms with Gasteiger partial charge in [-0.3, -0.25) is 4.79 Å². The molecule has 0 fully saturated rings. The highest BCUT2D eigenvalue weighted by Gasteiger charge is 2.22. The second kappa shape index (κ2) is 9.80. The number of aromatic nitrogens is 1. The highest BCUT2D eigenvalue weighted by atomic mass is 32.2. The van der Waals surface area contributed by atoms with Crippen molar-refractivity contribution < 1.29 is 17.9 Å². The summed E-state index contributed by atoms with van der Waals surface area (Å²) in [5.41, 5.74) is 2.46. The number of thiazole rings is 1. The van der Waals surface area contributed by atoms with Gasteiger partial charge in [-0.2, -0.15) is 5.26 Å². The van der Waals surface area contributed by atoms with Gasteiger partial charge < -0.3 is 9.64 Å². The molecule has 0 saturated carbocycles. The molecule has 166 valence electrons. The van der Waals surface area contributed by atoms with Gasteiger partial charge in [0.25, 0.3) is 5.91 Å². The highest BCUT2D eigenvalue weighted by molar-refractivity contribution is 7.89. The number of hydrogen-bond acceptors (Lipinski definition) is 8. The average molecular weight is 471 g/mol. The van der Waals surface area contributed by atoms with Crippen LogP contribution in [-0.4, -0.2) is 39.2 Å². The maximum atomic E-state index is 12.4. The Balaban J connectivity index is 1.94. The standard InChI is InChI=1S/C22H22N4O4S2/c1-15-20(21(27)25-32(3,28)29)24-22(31-15)26(18-9-7-17(14-23)8-10-18)12-11-16-5-4-6-19(13-16)30-2/h4-10,13H,11-12H2,1-3H3,(H,25,27). The summed E-state index contributed by atoms with van der Waals surface area (Å²) < 4.78 is 30.2. The van der Waals surface area contributed by atoms with Crippen LogP contribution < -0.4 is 14.4 Å². The van der Waals surface area contributed by atoms with Crippen molar-refractivity contribution in [2.45, 2.75) is 13.3 Å². The fraction of sp³-hybridized carbons (Fsp3) is 0.227. The molecule has 0 saturated heterocycles. The smallest absolute Gasteiger partial charge is 0.284 e. The number of methoxy groups -OCH3 is 1. The van der Waals surface area contributed by atoms with Crippen LogP contribution in [0.1, 0.15) is 26.5 Å². The van der Waals surface area contributed by atoms with Gasteiger partial charge in [0.05, 0.1) is 25.0 Å². The van der Waals surface area contributed by atoms with Crippen LogP contribution in [0.2, 0.25) is 0 Å². The summed E-state index contributed by atoms with van der Waals surface area (Å²) in [6.07, 6.45) is 1.59. The third-order valence-corrected chi connectivity index (χ3v) is 6.13. The first-order chi connectivity index (χ1) is 15.2. The second-order valence-corrected chi connectivity index (χ2v) is 9.95. The Morgan fingerprint density at radius 1 is 1.25 bits per heavy atom. The van der Waals surface area contributed by atoms with Crippen molar-refractivity contribution in [3.8, 4) is 11.8 Å². The number of benzene rings is 2. The number of nitriles is 1. The molecule has 1 heterocycles. The van der Waals surface area contributed by atoms with E-state index < -0.39 is 15.9 Å². The fourth-order valence-corrected chi connectivity index (χ4v) is 4.43. The van der Waals surface area contributed by atoms with E-state index in [0.29, 0.717) is 28.5 Å². The molecule has 0 aliphatic rings. The normalized spacial score (nSPS) is 10.9. The van der Waals surface area contributed by atoms with Crippen molar-refractivity contribution in [3.05, 3.63) is 70.2 Å². The molecule has 0 radical (unpaired) electrons. The van der Waals surface area contributed by atoms with Gasteiger partial charge in [-0.15, -0.1) is 11.3 Å². The predicted molar refractivity (Wildman–Crippen MR) is 124 cm³/mol. The Morgan fingerprint density at radius 3 is 2.59 bits per heavy atom. The molecule has 1 amide bonds. The maximum Gasteiger partial charge on any atom is 0.284 e. The minimum atomic E-state index is -3.70. The quantitative estimate of drug-likeness (QED) is 0.537. The van der Waals surface area contributed by atoms with Crippen LogP contribution in [0.4, 0.5) is 10.8 Å². The summed E-state index contributed by atoms with van der Waals surface area (Å²) in [6.45, 7) is 2.26. The minimum absolute atomic E-state index is 0.0652. The third-order valence-electron chi connectivity index (χ3n) is 4.58. The predicted octanol–water partition coefficient (Wildman–Crippen LogP) is 3.40. The zero-order valence-corrected chi connectivity index (χ0v) is 19.5. The Hall–Kier alpha value is -3.42. The van der Waals surface area contributed by atoms with Gasteiger partial charge in [-0.1, -0.05) is 12.1 Å². The van der Waals surface area contributed by atoms with Gasteiger partial charge in [0.2, 0.25) is 10.0 Å². The lowest BCUT2D eigenvalue weighted by Gasteiger charge is -2.22. The Bertz CT molecular complexity index is 1260. The molecule has 32 heavy (non-hydrogen) atoms. The lowest BCUT2D eigenvalue weighted by Crippen LogP contribution is -2.30. The number of carbonyl (C=O) groups is 1.